The van der Waals surface area contributed by atoms with Gasteiger partial charge in [-0.25, -0.2) is 18.4 Å². The quantitative estimate of drug-likeness (QED) is 0.483. The minimum atomic E-state index is -3.40. The molecule has 36 heavy (non-hydrogen) atoms. The molecule has 1 N–H and O–H groups in total. The third-order valence-electron chi connectivity index (χ3n) is 7.16. The maximum Gasteiger partial charge on any atom is 0.256 e. The maximum atomic E-state index is 12.8. The van der Waals surface area contributed by atoms with Gasteiger partial charge >= 0.3 is 0 Å². The van der Waals surface area contributed by atoms with Gasteiger partial charge in [0.25, 0.3) is 5.91 Å². The molecule has 2 heterocycles. The van der Waals surface area contributed by atoms with Crippen LogP contribution < -0.4 is 4.72 Å². The topological polar surface area (TPSA) is 95.5 Å². The van der Waals surface area contributed by atoms with E-state index in [1.807, 2.05) is 32.0 Å². The molecule has 2 aromatic rings. The van der Waals surface area contributed by atoms with Gasteiger partial charge in [0.05, 0.1) is 17.2 Å². The zero-order valence-electron chi connectivity index (χ0n) is 22.3. The minimum Gasteiger partial charge on any atom is -0.339 e. The number of sulfonamides is 1. The summed E-state index contributed by atoms with van der Waals surface area (Å²) in [6.07, 6.45) is 8.46. The third kappa shape index (κ3) is 6.82. The standard InChI is InChI=1S/C27H41N5O3S/c1-6-10-21(4)20-31-15-13-27(14-16-31,23-11-9-12-24(17-23)30-36(5,34)35)26-28-18-22(19-29-26)25(33)32(7-2)8-3/h9,11-12,17-19,21,30H,6-8,10,13-16,20H2,1-5H3. The molecule has 3 rings (SSSR count). The Hall–Kier alpha value is -2.52. The Bertz CT molecular complexity index is 1110. The lowest BCUT2D eigenvalue weighted by atomic mass is 9.71. The van der Waals surface area contributed by atoms with Crippen molar-refractivity contribution in [3.63, 3.8) is 0 Å². The second-order valence-electron chi connectivity index (χ2n) is 10.0. The van der Waals surface area contributed by atoms with E-state index in [-0.39, 0.29) is 5.91 Å². The van der Waals surface area contributed by atoms with Gasteiger partial charge < -0.3 is 9.80 Å². The van der Waals surface area contributed by atoms with Gasteiger partial charge in [-0.3, -0.25) is 9.52 Å². The zero-order chi connectivity index (χ0) is 26.3. The number of nitrogens with zero attached hydrogens (tertiary/aromatic N) is 4. The molecule has 1 unspecified atom stereocenters. The lowest BCUT2D eigenvalue weighted by Crippen LogP contribution is -2.45. The van der Waals surface area contributed by atoms with Crippen molar-refractivity contribution in [3.8, 4) is 0 Å². The van der Waals surface area contributed by atoms with E-state index in [4.69, 9.17) is 9.97 Å². The molecule has 1 amide bonds. The number of amides is 1. The van der Waals surface area contributed by atoms with Gasteiger partial charge in [0.2, 0.25) is 10.0 Å². The molecule has 0 spiro atoms. The predicted molar refractivity (Wildman–Crippen MR) is 145 cm³/mol. The number of carbonyl (C=O) groups excluding carboxylic acids is 1. The molecule has 9 heteroatoms. The van der Waals surface area contributed by atoms with Crippen LogP contribution in [0.4, 0.5) is 5.69 Å². The van der Waals surface area contributed by atoms with Crippen LogP contribution in [0.15, 0.2) is 36.7 Å². The Labute approximate surface area is 216 Å². The third-order valence-corrected chi connectivity index (χ3v) is 7.76. The van der Waals surface area contributed by atoms with Crippen molar-refractivity contribution in [2.45, 2.75) is 58.8 Å². The van der Waals surface area contributed by atoms with Crippen LogP contribution in [0.3, 0.4) is 0 Å². The van der Waals surface area contributed by atoms with Crippen LogP contribution in [-0.4, -0.2) is 73.1 Å². The Morgan fingerprint density at radius 3 is 2.33 bits per heavy atom. The number of carbonyl (C=O) groups is 1. The molecular weight excluding hydrogens is 474 g/mol. The van der Waals surface area contributed by atoms with Crippen LogP contribution in [0.1, 0.15) is 75.1 Å². The normalized spacial score (nSPS) is 16.9. The van der Waals surface area contributed by atoms with E-state index in [1.165, 1.54) is 12.8 Å². The summed E-state index contributed by atoms with van der Waals surface area (Å²) in [5.41, 5.74) is 1.54. The molecule has 1 atom stereocenters. The summed E-state index contributed by atoms with van der Waals surface area (Å²) in [5.74, 6) is 1.25. The number of anilines is 1. The Kier molecular flexibility index (Phi) is 9.47. The molecule has 0 aliphatic carbocycles. The van der Waals surface area contributed by atoms with Gasteiger partial charge in [-0.15, -0.1) is 0 Å². The first kappa shape index (κ1) is 28.1. The zero-order valence-corrected chi connectivity index (χ0v) is 23.1. The van der Waals surface area contributed by atoms with Gasteiger partial charge in [0.1, 0.15) is 5.82 Å². The first-order chi connectivity index (χ1) is 17.1. The summed E-state index contributed by atoms with van der Waals surface area (Å²) in [7, 11) is -3.40. The van der Waals surface area contributed by atoms with Crippen LogP contribution in [0, 0.1) is 5.92 Å². The molecule has 1 aromatic heterocycles. The van der Waals surface area contributed by atoms with Gasteiger partial charge in [0, 0.05) is 37.7 Å². The number of rotatable bonds is 11. The van der Waals surface area contributed by atoms with Gasteiger partial charge in [-0.2, -0.15) is 0 Å². The summed E-state index contributed by atoms with van der Waals surface area (Å²) in [6.45, 7) is 12.6. The highest BCUT2D eigenvalue weighted by Gasteiger charge is 2.41. The Morgan fingerprint density at radius 2 is 1.78 bits per heavy atom. The molecule has 1 aliphatic heterocycles. The minimum absolute atomic E-state index is 0.0697. The van der Waals surface area contributed by atoms with Crippen molar-refractivity contribution in [1.82, 2.24) is 19.8 Å². The average molecular weight is 516 g/mol. The number of nitrogens with one attached hydrogen (secondary N) is 1. The highest BCUT2D eigenvalue weighted by atomic mass is 32.2. The lowest BCUT2D eigenvalue weighted by molar-refractivity contribution is 0.0771. The summed E-state index contributed by atoms with van der Waals surface area (Å²) in [6, 6.07) is 7.56. The van der Waals surface area contributed by atoms with Crippen molar-refractivity contribution >= 4 is 21.6 Å². The Balaban J connectivity index is 1.95. The first-order valence-corrected chi connectivity index (χ1v) is 14.9. The second-order valence-corrected chi connectivity index (χ2v) is 11.8. The average Bonchev–Trinajstić information content (AvgIpc) is 2.85. The molecular formula is C27H41N5O3S. The molecule has 0 saturated carbocycles. The molecule has 0 radical (unpaired) electrons. The molecule has 1 saturated heterocycles. The Morgan fingerprint density at radius 1 is 1.14 bits per heavy atom. The van der Waals surface area contributed by atoms with Gasteiger partial charge in [0.15, 0.2) is 0 Å². The predicted octanol–water partition coefficient (Wildman–Crippen LogP) is 4.15. The molecule has 198 valence electrons. The van der Waals surface area contributed by atoms with E-state index in [0.717, 1.165) is 44.3 Å². The SMILES string of the molecule is CCCC(C)CN1CCC(c2cccc(NS(C)(=O)=O)c2)(c2ncc(C(=O)N(CC)CC)cn2)CC1. The molecule has 1 fully saturated rings. The molecule has 8 nitrogen and oxygen atoms in total. The van der Waals surface area contributed by atoms with Gasteiger partial charge in [-0.1, -0.05) is 32.4 Å². The van der Waals surface area contributed by atoms with Crippen molar-refractivity contribution < 1.29 is 13.2 Å². The van der Waals surface area contributed by atoms with Crippen LogP contribution in [0.25, 0.3) is 0 Å². The van der Waals surface area contributed by atoms with E-state index in [1.54, 1.807) is 23.4 Å². The second kappa shape index (κ2) is 12.1. The maximum absolute atomic E-state index is 12.8. The monoisotopic (exact) mass is 515 g/mol. The fraction of sp³-hybridized carbons (Fsp3) is 0.593. The van der Waals surface area contributed by atoms with Gasteiger partial charge in [-0.05, 0) is 69.8 Å². The fourth-order valence-corrected chi connectivity index (χ4v) is 5.81. The van der Waals surface area contributed by atoms with E-state index in [2.05, 4.69) is 23.5 Å². The number of hydrogen-bond donors (Lipinski definition) is 1. The molecule has 0 bridgehead atoms. The number of benzene rings is 1. The summed E-state index contributed by atoms with van der Waals surface area (Å²) in [4.78, 5) is 26.5. The van der Waals surface area contributed by atoms with Crippen LogP contribution in [-0.2, 0) is 15.4 Å². The number of hydrogen-bond acceptors (Lipinski definition) is 6. The highest BCUT2D eigenvalue weighted by Crippen LogP contribution is 2.41. The van der Waals surface area contributed by atoms with E-state index < -0.39 is 15.4 Å². The first-order valence-electron chi connectivity index (χ1n) is 13.0. The van der Waals surface area contributed by atoms with Crippen molar-refractivity contribution in [1.29, 1.82) is 0 Å². The van der Waals surface area contributed by atoms with Crippen LogP contribution in [0.5, 0.6) is 0 Å². The van der Waals surface area contributed by atoms with Crippen molar-refractivity contribution in [2.24, 2.45) is 5.92 Å². The van der Waals surface area contributed by atoms with E-state index in [9.17, 15) is 13.2 Å². The number of piperidine rings is 1. The largest absolute Gasteiger partial charge is 0.339 e. The number of likely N-dealkylation sites (tertiary alicyclic amines) is 1. The van der Waals surface area contributed by atoms with Crippen LogP contribution in [0.2, 0.25) is 0 Å². The van der Waals surface area contributed by atoms with Crippen LogP contribution >= 0.6 is 0 Å². The van der Waals surface area contributed by atoms with E-state index in [0.29, 0.717) is 36.1 Å². The van der Waals surface area contributed by atoms with E-state index >= 15 is 0 Å². The highest BCUT2D eigenvalue weighted by molar-refractivity contribution is 7.92. The summed E-state index contributed by atoms with van der Waals surface area (Å²) >= 11 is 0. The van der Waals surface area contributed by atoms with Crippen molar-refractivity contribution in [3.05, 3.63) is 53.6 Å². The molecule has 1 aromatic carbocycles. The summed E-state index contributed by atoms with van der Waals surface area (Å²) in [5, 5.41) is 0. The summed E-state index contributed by atoms with van der Waals surface area (Å²) < 4.78 is 26.3. The smallest absolute Gasteiger partial charge is 0.256 e. The number of aromatic nitrogens is 2. The lowest BCUT2D eigenvalue weighted by Gasteiger charge is -2.42. The van der Waals surface area contributed by atoms with Crippen molar-refractivity contribution in [2.75, 3.05) is 43.7 Å². The molecule has 1 aliphatic rings. The fourth-order valence-electron chi connectivity index (χ4n) is 5.26.